The van der Waals surface area contributed by atoms with Gasteiger partial charge in [-0.3, -0.25) is 9.59 Å². The molecule has 28 heavy (non-hydrogen) atoms. The molecule has 3 rings (SSSR count). The zero-order valence-electron chi connectivity index (χ0n) is 16.8. The molecular formula is C21H30N2O5. The molecule has 7 nitrogen and oxygen atoms in total. The van der Waals surface area contributed by atoms with Crippen molar-refractivity contribution >= 4 is 11.8 Å². The minimum Gasteiger partial charge on any atom is -0.493 e. The monoisotopic (exact) mass is 390 g/mol. The number of nitrogens with one attached hydrogen (secondary N) is 2. The summed E-state index contributed by atoms with van der Waals surface area (Å²) < 4.78 is 15.9. The highest BCUT2D eigenvalue weighted by atomic mass is 16.5. The Balaban J connectivity index is 1.50. The molecular weight excluding hydrogens is 360 g/mol. The quantitative estimate of drug-likeness (QED) is 0.745. The maximum atomic E-state index is 12.4. The van der Waals surface area contributed by atoms with E-state index < -0.39 is 0 Å². The second kappa shape index (κ2) is 9.28. The van der Waals surface area contributed by atoms with Crippen molar-refractivity contribution in [3.63, 3.8) is 0 Å². The number of benzene rings is 1. The van der Waals surface area contributed by atoms with Gasteiger partial charge < -0.3 is 24.8 Å². The molecule has 1 aliphatic carbocycles. The van der Waals surface area contributed by atoms with Crippen LogP contribution in [0.4, 0.5) is 0 Å². The fourth-order valence-electron chi connectivity index (χ4n) is 4.33. The van der Waals surface area contributed by atoms with Gasteiger partial charge in [-0.15, -0.1) is 0 Å². The van der Waals surface area contributed by atoms with E-state index in [4.69, 9.17) is 14.2 Å². The summed E-state index contributed by atoms with van der Waals surface area (Å²) in [7, 11) is 4.83. The van der Waals surface area contributed by atoms with E-state index in [1.165, 1.54) is 7.11 Å². The maximum absolute atomic E-state index is 12.4. The summed E-state index contributed by atoms with van der Waals surface area (Å²) >= 11 is 0. The predicted molar refractivity (Wildman–Crippen MR) is 105 cm³/mol. The molecule has 1 aliphatic heterocycles. The van der Waals surface area contributed by atoms with Crippen molar-refractivity contribution in [3.8, 4) is 11.5 Å². The molecule has 0 aromatic heterocycles. The average molecular weight is 390 g/mol. The summed E-state index contributed by atoms with van der Waals surface area (Å²) in [5.74, 6) is 1.46. The molecule has 4 atom stereocenters. The molecule has 2 aliphatic rings. The van der Waals surface area contributed by atoms with Crippen LogP contribution in [0.5, 0.6) is 11.5 Å². The van der Waals surface area contributed by atoms with Crippen molar-refractivity contribution in [2.45, 2.75) is 44.2 Å². The normalized spacial score (nSPS) is 26.8. The van der Waals surface area contributed by atoms with Crippen molar-refractivity contribution in [1.82, 2.24) is 10.6 Å². The number of carbonyl (C=O) groups excluding carboxylic acids is 2. The first-order valence-corrected chi connectivity index (χ1v) is 9.89. The Morgan fingerprint density at radius 2 is 1.93 bits per heavy atom. The lowest BCUT2D eigenvalue weighted by molar-refractivity contribution is -0.131. The molecule has 7 heteroatoms. The van der Waals surface area contributed by atoms with Crippen LogP contribution in [0.2, 0.25) is 0 Å². The predicted octanol–water partition coefficient (Wildman–Crippen LogP) is 2.14. The molecule has 2 fully saturated rings. The van der Waals surface area contributed by atoms with Gasteiger partial charge in [0.1, 0.15) is 0 Å². The van der Waals surface area contributed by atoms with E-state index in [1.54, 1.807) is 32.4 Å². The molecule has 0 radical (unpaired) electrons. The Kier molecular flexibility index (Phi) is 6.78. The number of rotatable bonds is 7. The van der Waals surface area contributed by atoms with Crippen molar-refractivity contribution in [2.24, 2.45) is 11.8 Å². The topological polar surface area (TPSA) is 85.9 Å². The lowest BCUT2D eigenvalue weighted by atomic mass is 9.74. The summed E-state index contributed by atoms with van der Waals surface area (Å²) in [5.41, 5.74) is 0.503. The third-order valence-electron chi connectivity index (χ3n) is 5.99. The first-order valence-electron chi connectivity index (χ1n) is 9.89. The number of carbonyl (C=O) groups is 2. The average Bonchev–Trinajstić information content (AvgIpc) is 2.72. The Morgan fingerprint density at radius 1 is 1.14 bits per heavy atom. The Bertz CT molecular complexity index is 708. The summed E-state index contributed by atoms with van der Waals surface area (Å²) in [5, 5.41) is 6.08. The molecule has 2 N–H and O–H groups in total. The van der Waals surface area contributed by atoms with E-state index in [-0.39, 0.29) is 29.9 Å². The number of amides is 2. The third-order valence-corrected chi connectivity index (χ3v) is 5.99. The van der Waals surface area contributed by atoms with E-state index in [0.29, 0.717) is 35.9 Å². The Morgan fingerprint density at radius 3 is 2.64 bits per heavy atom. The van der Waals surface area contributed by atoms with E-state index in [9.17, 15) is 9.59 Å². The number of fused-ring (bicyclic) bond motifs is 1. The van der Waals surface area contributed by atoms with E-state index in [2.05, 4.69) is 10.6 Å². The fourth-order valence-corrected chi connectivity index (χ4v) is 4.33. The van der Waals surface area contributed by atoms with Gasteiger partial charge in [0.2, 0.25) is 5.91 Å². The minimum absolute atomic E-state index is 0.0500. The van der Waals surface area contributed by atoms with Crippen LogP contribution in [-0.2, 0) is 9.53 Å². The summed E-state index contributed by atoms with van der Waals surface area (Å²) in [6.45, 7) is 0.462. The van der Waals surface area contributed by atoms with Gasteiger partial charge in [-0.05, 0) is 56.2 Å². The van der Waals surface area contributed by atoms with Crippen LogP contribution < -0.4 is 20.1 Å². The number of methoxy groups -OCH3 is 3. The summed E-state index contributed by atoms with van der Waals surface area (Å²) in [6, 6.07) is 5.28. The zero-order valence-corrected chi connectivity index (χ0v) is 16.8. The summed E-state index contributed by atoms with van der Waals surface area (Å²) in [6.07, 6.45) is 4.81. The molecule has 1 aromatic carbocycles. The first kappa shape index (κ1) is 20.5. The third kappa shape index (κ3) is 4.58. The van der Waals surface area contributed by atoms with Crippen molar-refractivity contribution in [1.29, 1.82) is 0 Å². The Hall–Kier alpha value is -2.28. The van der Waals surface area contributed by atoms with E-state index in [1.807, 2.05) is 0 Å². The zero-order chi connectivity index (χ0) is 20.1. The lowest BCUT2D eigenvalue weighted by Gasteiger charge is -2.41. The van der Waals surface area contributed by atoms with Crippen LogP contribution in [0, 0.1) is 11.8 Å². The molecule has 2 amide bonds. The van der Waals surface area contributed by atoms with Gasteiger partial charge in [0.05, 0.1) is 20.3 Å². The highest BCUT2D eigenvalue weighted by molar-refractivity contribution is 5.94. The number of piperidine rings is 1. The lowest BCUT2D eigenvalue weighted by Crippen LogP contribution is -2.53. The molecule has 1 aromatic rings. The summed E-state index contributed by atoms with van der Waals surface area (Å²) in [4.78, 5) is 24.9. The van der Waals surface area contributed by atoms with Crippen molar-refractivity contribution in [2.75, 3.05) is 27.9 Å². The van der Waals surface area contributed by atoms with Crippen LogP contribution in [0.1, 0.15) is 42.5 Å². The van der Waals surface area contributed by atoms with Crippen LogP contribution in [0.3, 0.4) is 0 Å². The van der Waals surface area contributed by atoms with Crippen LogP contribution >= 0.6 is 0 Å². The van der Waals surface area contributed by atoms with Gasteiger partial charge in [-0.2, -0.15) is 0 Å². The van der Waals surface area contributed by atoms with E-state index >= 15 is 0 Å². The fraction of sp³-hybridized carbons (Fsp3) is 0.619. The molecule has 154 valence electrons. The number of hydrogen-bond donors (Lipinski definition) is 2. The second-order valence-corrected chi connectivity index (χ2v) is 7.59. The number of ether oxygens (including phenoxy) is 3. The largest absolute Gasteiger partial charge is 0.493 e. The highest BCUT2D eigenvalue weighted by Crippen LogP contribution is 2.35. The molecule has 1 saturated carbocycles. The molecule has 4 unspecified atom stereocenters. The highest BCUT2D eigenvalue weighted by Gasteiger charge is 2.39. The molecule has 0 spiro atoms. The smallest absolute Gasteiger partial charge is 0.251 e. The van der Waals surface area contributed by atoms with Gasteiger partial charge in [-0.1, -0.05) is 0 Å². The van der Waals surface area contributed by atoms with Crippen LogP contribution in [0.15, 0.2) is 18.2 Å². The van der Waals surface area contributed by atoms with Gasteiger partial charge in [0.15, 0.2) is 11.5 Å². The standard InChI is InChI=1S/C21H30N2O5/c1-26-16-6-4-13-10-15(21(25)23-17(13)12-16)8-9-22-20(24)14-5-7-18(27-2)19(11-14)28-3/h5,7,11,13,15-17H,4,6,8-10,12H2,1-3H3,(H,22,24)(H,23,25). The van der Waals surface area contributed by atoms with Gasteiger partial charge in [0, 0.05) is 31.2 Å². The van der Waals surface area contributed by atoms with Crippen LogP contribution in [-0.4, -0.2) is 51.8 Å². The SMILES string of the molecule is COc1ccc(C(=O)NCCC2CC3CCC(OC)CC3NC2=O)cc1OC. The Labute approximate surface area is 166 Å². The molecule has 0 bridgehead atoms. The molecule has 1 saturated heterocycles. The van der Waals surface area contributed by atoms with Crippen molar-refractivity contribution in [3.05, 3.63) is 23.8 Å². The van der Waals surface area contributed by atoms with E-state index in [0.717, 1.165) is 25.7 Å². The number of hydrogen-bond acceptors (Lipinski definition) is 5. The second-order valence-electron chi connectivity index (χ2n) is 7.59. The maximum Gasteiger partial charge on any atom is 0.251 e. The van der Waals surface area contributed by atoms with Gasteiger partial charge in [0.25, 0.3) is 5.91 Å². The molecule has 1 heterocycles. The van der Waals surface area contributed by atoms with Gasteiger partial charge in [-0.25, -0.2) is 0 Å². The minimum atomic E-state index is -0.185. The van der Waals surface area contributed by atoms with Crippen LogP contribution in [0.25, 0.3) is 0 Å². The van der Waals surface area contributed by atoms with Crippen molar-refractivity contribution < 1.29 is 23.8 Å². The van der Waals surface area contributed by atoms with Gasteiger partial charge >= 0.3 is 0 Å². The first-order chi connectivity index (χ1) is 13.5.